The van der Waals surface area contributed by atoms with Gasteiger partial charge < -0.3 is 21.9 Å². The number of guanidine groups is 2. The topological polar surface area (TPSA) is 112 Å². The molecule has 0 saturated carbocycles. The van der Waals surface area contributed by atoms with Gasteiger partial charge in [-0.2, -0.15) is 18.2 Å². The molecule has 0 aromatic heterocycles. The van der Waals surface area contributed by atoms with E-state index >= 15 is 0 Å². The van der Waals surface area contributed by atoms with Gasteiger partial charge in [0.2, 0.25) is 5.96 Å². The van der Waals surface area contributed by atoms with E-state index < -0.39 is 52.6 Å². The number of hydrogen-bond donors (Lipinski definition) is 3. The highest BCUT2D eigenvalue weighted by atomic mass is 19.4. The molecule has 0 amide bonds. The molecule has 0 bridgehead atoms. The number of aliphatic imine (C=N–C) groups is 2. The Kier molecular flexibility index (Phi) is 5.47. The van der Waals surface area contributed by atoms with Crippen LogP contribution in [0, 0.1) is 17.5 Å². The number of alkyl halides is 3. The summed E-state index contributed by atoms with van der Waals surface area (Å²) in [4.78, 5) is 7.11. The zero-order valence-electron chi connectivity index (χ0n) is 13.2. The van der Waals surface area contributed by atoms with Gasteiger partial charge in [0.1, 0.15) is 0 Å². The Labute approximate surface area is 148 Å². The Morgan fingerprint density at radius 3 is 2.00 bits per heavy atom. The lowest BCUT2D eigenvalue weighted by atomic mass is 10.2. The molecule has 0 radical (unpaired) electrons. The van der Waals surface area contributed by atoms with Crippen LogP contribution in [0.25, 0.3) is 0 Å². The van der Waals surface area contributed by atoms with Crippen LogP contribution in [-0.4, -0.2) is 11.9 Å². The van der Waals surface area contributed by atoms with E-state index in [1.165, 1.54) is 0 Å². The number of benzene rings is 2. The summed E-state index contributed by atoms with van der Waals surface area (Å²) in [5, 5.41) is 0. The Hall–Kier alpha value is -3.44. The summed E-state index contributed by atoms with van der Waals surface area (Å²) in [7, 11) is 0. The van der Waals surface area contributed by atoms with Crippen LogP contribution in [0.1, 0.15) is 5.56 Å². The molecule has 2 aromatic rings. The van der Waals surface area contributed by atoms with Gasteiger partial charge in [0.05, 0.1) is 11.3 Å². The van der Waals surface area contributed by atoms with Crippen molar-refractivity contribution < 1.29 is 31.1 Å². The first kappa shape index (κ1) is 19.9. The van der Waals surface area contributed by atoms with Crippen LogP contribution in [0.15, 0.2) is 40.3 Å². The molecule has 6 nitrogen and oxygen atoms in total. The summed E-state index contributed by atoms with van der Waals surface area (Å²) in [5.41, 5.74) is 14.0. The monoisotopic (exact) mass is 391 g/mol. The lowest BCUT2D eigenvalue weighted by Gasteiger charge is -2.12. The molecule has 27 heavy (non-hydrogen) atoms. The highest BCUT2D eigenvalue weighted by Gasteiger charge is 2.33. The number of nitrogens with zero attached hydrogens (tertiary/aromatic N) is 2. The van der Waals surface area contributed by atoms with Gasteiger partial charge in [-0.1, -0.05) is 0 Å². The second-order valence-electron chi connectivity index (χ2n) is 4.99. The predicted molar refractivity (Wildman–Crippen MR) is 84.9 cm³/mol. The van der Waals surface area contributed by atoms with Crippen molar-refractivity contribution in [3.8, 4) is 11.5 Å². The van der Waals surface area contributed by atoms with Crippen LogP contribution < -0.4 is 21.9 Å². The van der Waals surface area contributed by atoms with Crippen LogP contribution in [0.5, 0.6) is 11.5 Å². The van der Waals surface area contributed by atoms with Gasteiger partial charge in [-0.25, -0.2) is 18.2 Å². The molecule has 0 spiro atoms. The van der Waals surface area contributed by atoms with Crippen molar-refractivity contribution in [2.75, 3.05) is 0 Å². The van der Waals surface area contributed by atoms with Crippen molar-refractivity contribution in [3.05, 3.63) is 53.3 Å². The maximum atomic E-state index is 13.8. The van der Waals surface area contributed by atoms with E-state index in [2.05, 4.69) is 9.98 Å². The molecular formula is C15H11F6N5O. The first-order chi connectivity index (χ1) is 12.5. The fraction of sp³-hybridized carbons (Fsp3) is 0.0667. The van der Waals surface area contributed by atoms with E-state index in [9.17, 15) is 26.3 Å². The average Bonchev–Trinajstić information content (AvgIpc) is 2.51. The molecule has 6 N–H and O–H groups in total. The number of nitrogens with two attached hydrogens (primary N) is 3. The zero-order valence-corrected chi connectivity index (χ0v) is 13.2. The van der Waals surface area contributed by atoms with E-state index in [0.29, 0.717) is 0 Å². The molecule has 0 atom stereocenters. The Bertz CT molecular complexity index is 898. The van der Waals surface area contributed by atoms with Crippen LogP contribution in [0.4, 0.5) is 32.0 Å². The minimum absolute atomic E-state index is 0.0229. The molecular weight excluding hydrogens is 380 g/mol. The summed E-state index contributed by atoms with van der Waals surface area (Å²) in [6.45, 7) is 0. The molecule has 0 aliphatic rings. The summed E-state index contributed by atoms with van der Waals surface area (Å²) < 4.78 is 83.9. The van der Waals surface area contributed by atoms with Crippen molar-refractivity contribution in [3.63, 3.8) is 0 Å². The van der Waals surface area contributed by atoms with Gasteiger partial charge in [-0.05, 0) is 24.3 Å². The van der Waals surface area contributed by atoms with Crippen molar-refractivity contribution in [1.29, 1.82) is 0 Å². The van der Waals surface area contributed by atoms with Crippen molar-refractivity contribution in [2.24, 2.45) is 27.2 Å². The van der Waals surface area contributed by atoms with Crippen molar-refractivity contribution in [1.82, 2.24) is 0 Å². The third-order valence-corrected chi connectivity index (χ3v) is 2.94. The van der Waals surface area contributed by atoms with E-state index in [1.54, 1.807) is 0 Å². The van der Waals surface area contributed by atoms with Crippen molar-refractivity contribution >= 4 is 17.6 Å². The summed E-state index contributed by atoms with van der Waals surface area (Å²) in [6.07, 6.45) is -4.97. The number of rotatable bonds is 3. The van der Waals surface area contributed by atoms with Crippen LogP contribution in [-0.2, 0) is 6.18 Å². The quantitative estimate of drug-likeness (QED) is 0.424. The smallest absolute Gasteiger partial charge is 0.416 e. The highest BCUT2D eigenvalue weighted by Crippen LogP contribution is 2.36. The zero-order chi connectivity index (χ0) is 20.4. The molecule has 12 heteroatoms. The fourth-order valence-electron chi connectivity index (χ4n) is 1.86. The second kappa shape index (κ2) is 7.43. The van der Waals surface area contributed by atoms with E-state index in [-0.39, 0.29) is 17.8 Å². The Morgan fingerprint density at radius 2 is 1.48 bits per heavy atom. The van der Waals surface area contributed by atoms with Gasteiger partial charge in [-0.3, -0.25) is 0 Å². The van der Waals surface area contributed by atoms with E-state index in [1.807, 2.05) is 0 Å². The van der Waals surface area contributed by atoms with E-state index in [4.69, 9.17) is 21.9 Å². The van der Waals surface area contributed by atoms with Gasteiger partial charge in [0.25, 0.3) is 0 Å². The van der Waals surface area contributed by atoms with Gasteiger partial charge in [0, 0.05) is 6.07 Å². The molecule has 0 unspecified atom stereocenters. The maximum absolute atomic E-state index is 13.8. The first-order valence-electron chi connectivity index (χ1n) is 6.95. The normalized spacial score (nSPS) is 12.0. The Balaban J connectivity index is 2.41. The molecule has 0 aliphatic heterocycles. The number of ether oxygens (including phenoxy) is 1. The molecule has 0 heterocycles. The lowest BCUT2D eigenvalue weighted by Crippen LogP contribution is -2.26. The number of halogens is 6. The van der Waals surface area contributed by atoms with Gasteiger partial charge in [0.15, 0.2) is 34.9 Å². The summed E-state index contributed by atoms with van der Waals surface area (Å²) >= 11 is 0. The highest BCUT2D eigenvalue weighted by molar-refractivity contribution is 5.93. The second-order valence-corrected chi connectivity index (χ2v) is 4.99. The molecule has 2 rings (SSSR count). The minimum atomic E-state index is -4.97. The average molecular weight is 391 g/mol. The molecule has 144 valence electrons. The first-order valence-corrected chi connectivity index (χ1v) is 6.95. The van der Waals surface area contributed by atoms with Crippen LogP contribution in [0.2, 0.25) is 0 Å². The fourth-order valence-corrected chi connectivity index (χ4v) is 1.86. The minimum Gasteiger partial charge on any atom is -0.448 e. The third-order valence-electron chi connectivity index (χ3n) is 2.94. The predicted octanol–water partition coefficient (Wildman–Crippen LogP) is 3.13. The van der Waals surface area contributed by atoms with E-state index in [0.717, 1.165) is 18.2 Å². The van der Waals surface area contributed by atoms with Gasteiger partial charge >= 0.3 is 6.18 Å². The summed E-state index contributed by atoms with van der Waals surface area (Å²) in [6, 6.07) is 2.89. The lowest BCUT2D eigenvalue weighted by molar-refractivity contribution is -0.138. The van der Waals surface area contributed by atoms with Crippen molar-refractivity contribution in [2.45, 2.75) is 6.18 Å². The summed E-state index contributed by atoms with van der Waals surface area (Å²) in [5.74, 6) is -7.14. The number of hydrogen-bond acceptors (Lipinski definition) is 2. The standard InChI is InChI=1S/C15H11F6N5O/c16-8-2-1-7(25-14(24)26-13(22)23)5-11(8)27-12-9(17)3-6(4-10(12)18)15(19,20)21/h1-5H,(H6,22,23,24,25,26). The van der Waals surface area contributed by atoms with Crippen LogP contribution >= 0.6 is 0 Å². The molecule has 0 aliphatic carbocycles. The van der Waals surface area contributed by atoms with Gasteiger partial charge in [-0.15, -0.1) is 0 Å². The van der Waals surface area contributed by atoms with Crippen LogP contribution in [0.3, 0.4) is 0 Å². The SMILES string of the molecule is NC(N)=NC(N)=Nc1ccc(F)c(Oc2c(F)cc(C(F)(F)F)cc2F)c1. The molecule has 0 saturated heterocycles. The third kappa shape index (κ3) is 5.03. The Morgan fingerprint density at radius 1 is 0.889 bits per heavy atom. The largest absolute Gasteiger partial charge is 0.448 e. The molecule has 2 aromatic carbocycles. The molecule has 0 fully saturated rings. The maximum Gasteiger partial charge on any atom is 0.416 e.